The first-order valence-electron chi connectivity index (χ1n) is 5.37. The molecule has 2 fully saturated rings. The van der Waals surface area contributed by atoms with E-state index in [1.807, 2.05) is 13.8 Å². The van der Waals surface area contributed by atoms with Crippen LogP contribution in [0.5, 0.6) is 0 Å². The number of fused-ring (bicyclic) bond motifs is 1. The van der Waals surface area contributed by atoms with Gasteiger partial charge in [-0.2, -0.15) is 0 Å². The summed E-state index contributed by atoms with van der Waals surface area (Å²) in [6.45, 7) is 4.10. The van der Waals surface area contributed by atoms with Gasteiger partial charge in [0.05, 0.1) is 19.3 Å². The molecule has 5 nitrogen and oxygen atoms in total. The van der Waals surface area contributed by atoms with Gasteiger partial charge in [-0.15, -0.1) is 0 Å². The van der Waals surface area contributed by atoms with Crippen molar-refractivity contribution in [2.75, 3.05) is 13.2 Å². The van der Waals surface area contributed by atoms with E-state index >= 15 is 0 Å². The molecule has 88 valence electrons. The van der Waals surface area contributed by atoms with Crippen LogP contribution in [0, 0.1) is 0 Å². The molecule has 3 N–H and O–H groups in total. The number of aliphatic hydroxyl groups is 1. The molecule has 4 atom stereocenters. The van der Waals surface area contributed by atoms with E-state index in [4.69, 9.17) is 25.1 Å². The minimum atomic E-state index is -0.575. The lowest BCUT2D eigenvalue weighted by molar-refractivity contribution is -0.168. The summed E-state index contributed by atoms with van der Waals surface area (Å²) in [5.74, 6) is -0.575. The summed E-state index contributed by atoms with van der Waals surface area (Å²) in [5, 5.41) is 8.71. The smallest absolute Gasteiger partial charge is 0.163 e. The lowest BCUT2D eigenvalue weighted by atomic mass is 10.2. The Balaban J connectivity index is 1.99. The van der Waals surface area contributed by atoms with Gasteiger partial charge >= 0.3 is 0 Å². The molecule has 0 aromatic carbocycles. The molecule has 1 saturated heterocycles. The van der Waals surface area contributed by atoms with Gasteiger partial charge in [-0.3, -0.25) is 0 Å². The van der Waals surface area contributed by atoms with Crippen LogP contribution >= 0.6 is 0 Å². The van der Waals surface area contributed by atoms with E-state index in [1.165, 1.54) is 0 Å². The molecule has 0 aromatic rings. The fourth-order valence-corrected chi connectivity index (χ4v) is 2.34. The fourth-order valence-electron chi connectivity index (χ4n) is 2.34. The van der Waals surface area contributed by atoms with Crippen molar-refractivity contribution >= 4 is 0 Å². The van der Waals surface area contributed by atoms with Crippen molar-refractivity contribution in [3.63, 3.8) is 0 Å². The van der Waals surface area contributed by atoms with Gasteiger partial charge in [0, 0.05) is 6.04 Å². The SMILES string of the molecule is CC1(C)O[C@@H]2[C@H](O1)[C@H](N)C[C@@H]2OCCO. The van der Waals surface area contributed by atoms with Crippen molar-refractivity contribution in [1.82, 2.24) is 0 Å². The molecular formula is C10H19NO4. The molecule has 0 bridgehead atoms. The Morgan fingerprint density at radius 2 is 2.07 bits per heavy atom. The van der Waals surface area contributed by atoms with Crippen LogP contribution < -0.4 is 5.73 Å². The second kappa shape index (κ2) is 3.99. The zero-order chi connectivity index (χ0) is 11.1. The molecule has 0 unspecified atom stereocenters. The number of hydrogen-bond acceptors (Lipinski definition) is 5. The van der Waals surface area contributed by atoms with Gasteiger partial charge in [-0.05, 0) is 20.3 Å². The Hall–Kier alpha value is -0.200. The van der Waals surface area contributed by atoms with Gasteiger partial charge < -0.3 is 25.1 Å². The summed E-state index contributed by atoms with van der Waals surface area (Å²) in [6, 6.07) is -0.0412. The Bertz CT molecular complexity index is 233. The summed E-state index contributed by atoms with van der Waals surface area (Å²) in [7, 11) is 0. The molecule has 1 aliphatic heterocycles. The van der Waals surface area contributed by atoms with Gasteiger partial charge in [-0.1, -0.05) is 0 Å². The van der Waals surface area contributed by atoms with Crippen LogP contribution in [-0.4, -0.2) is 48.5 Å². The van der Waals surface area contributed by atoms with Crippen LogP contribution in [0.2, 0.25) is 0 Å². The monoisotopic (exact) mass is 217 g/mol. The van der Waals surface area contributed by atoms with Crippen molar-refractivity contribution in [1.29, 1.82) is 0 Å². The third-order valence-electron chi connectivity index (χ3n) is 2.88. The normalized spacial score (nSPS) is 43.2. The summed E-state index contributed by atoms with van der Waals surface area (Å²) in [5.41, 5.74) is 5.96. The second-order valence-electron chi connectivity index (χ2n) is 4.60. The van der Waals surface area contributed by atoms with Crippen molar-refractivity contribution in [3.8, 4) is 0 Å². The van der Waals surface area contributed by atoms with E-state index in [-0.39, 0.29) is 31.0 Å². The Morgan fingerprint density at radius 1 is 1.40 bits per heavy atom. The van der Waals surface area contributed by atoms with Crippen molar-refractivity contribution in [2.24, 2.45) is 5.73 Å². The highest BCUT2D eigenvalue weighted by atomic mass is 16.8. The zero-order valence-corrected chi connectivity index (χ0v) is 9.18. The van der Waals surface area contributed by atoms with Crippen LogP contribution in [-0.2, 0) is 14.2 Å². The van der Waals surface area contributed by atoms with Crippen LogP contribution in [0.3, 0.4) is 0 Å². The highest BCUT2D eigenvalue weighted by molar-refractivity contribution is 5.01. The molecule has 0 amide bonds. The third kappa shape index (κ3) is 2.16. The number of ether oxygens (including phenoxy) is 3. The maximum atomic E-state index is 8.71. The molecule has 2 aliphatic rings. The van der Waals surface area contributed by atoms with E-state index in [2.05, 4.69) is 0 Å². The molecule has 5 heteroatoms. The standard InChI is InChI=1S/C10H19NO4/c1-10(2)14-8-6(11)5-7(9(8)15-10)13-4-3-12/h6-9,12H,3-5,11H2,1-2H3/t6-,7+,8-,9+/m1/s1. The number of nitrogens with two attached hydrogens (primary N) is 1. The maximum absolute atomic E-state index is 8.71. The van der Waals surface area contributed by atoms with Crippen LogP contribution in [0.1, 0.15) is 20.3 Å². The Labute approximate surface area is 89.5 Å². The van der Waals surface area contributed by atoms with E-state index in [9.17, 15) is 0 Å². The largest absolute Gasteiger partial charge is 0.394 e. The van der Waals surface area contributed by atoms with Crippen molar-refractivity contribution in [2.45, 2.75) is 50.4 Å². The zero-order valence-electron chi connectivity index (χ0n) is 9.18. The Morgan fingerprint density at radius 3 is 2.73 bits per heavy atom. The highest BCUT2D eigenvalue weighted by Gasteiger charge is 2.53. The summed E-state index contributed by atoms with van der Waals surface area (Å²) in [6.07, 6.45) is 0.495. The first-order valence-corrected chi connectivity index (χ1v) is 5.37. The highest BCUT2D eigenvalue weighted by Crippen LogP contribution is 2.38. The summed E-state index contributed by atoms with van der Waals surface area (Å²) < 4.78 is 16.9. The molecule has 15 heavy (non-hydrogen) atoms. The molecular weight excluding hydrogens is 198 g/mol. The summed E-state index contributed by atoms with van der Waals surface area (Å²) in [4.78, 5) is 0. The van der Waals surface area contributed by atoms with E-state index in [0.717, 1.165) is 6.42 Å². The van der Waals surface area contributed by atoms with Crippen LogP contribution in [0.25, 0.3) is 0 Å². The maximum Gasteiger partial charge on any atom is 0.163 e. The third-order valence-corrected chi connectivity index (χ3v) is 2.88. The topological polar surface area (TPSA) is 73.9 Å². The summed E-state index contributed by atoms with van der Waals surface area (Å²) >= 11 is 0. The van der Waals surface area contributed by atoms with E-state index in [1.54, 1.807) is 0 Å². The molecule has 0 aromatic heterocycles. The average molecular weight is 217 g/mol. The van der Waals surface area contributed by atoms with Gasteiger partial charge in [-0.25, -0.2) is 0 Å². The predicted molar refractivity (Wildman–Crippen MR) is 53.2 cm³/mol. The molecule has 1 aliphatic carbocycles. The van der Waals surface area contributed by atoms with Gasteiger partial charge in [0.15, 0.2) is 5.79 Å². The molecule has 1 saturated carbocycles. The van der Waals surface area contributed by atoms with Gasteiger partial charge in [0.25, 0.3) is 0 Å². The van der Waals surface area contributed by atoms with Gasteiger partial charge in [0.2, 0.25) is 0 Å². The predicted octanol–water partition coefficient (Wildman–Crippen LogP) is -0.385. The fraction of sp³-hybridized carbons (Fsp3) is 1.00. The quantitative estimate of drug-likeness (QED) is 0.674. The first-order chi connectivity index (χ1) is 7.03. The number of aliphatic hydroxyl groups excluding tert-OH is 1. The minimum Gasteiger partial charge on any atom is -0.394 e. The average Bonchev–Trinajstić information content (AvgIpc) is 2.60. The minimum absolute atomic E-state index is 0.0212. The molecule has 0 spiro atoms. The Kier molecular flexibility index (Phi) is 3.00. The number of hydrogen-bond donors (Lipinski definition) is 2. The molecule has 0 radical (unpaired) electrons. The van der Waals surface area contributed by atoms with Crippen molar-refractivity contribution < 1.29 is 19.3 Å². The molecule has 1 heterocycles. The molecule has 2 rings (SSSR count). The first kappa shape index (κ1) is 11.3. The van der Waals surface area contributed by atoms with E-state index < -0.39 is 5.79 Å². The van der Waals surface area contributed by atoms with Gasteiger partial charge in [0.1, 0.15) is 12.2 Å². The lowest BCUT2D eigenvalue weighted by Crippen LogP contribution is -2.35. The van der Waals surface area contributed by atoms with Crippen molar-refractivity contribution in [3.05, 3.63) is 0 Å². The van der Waals surface area contributed by atoms with Crippen LogP contribution in [0.15, 0.2) is 0 Å². The number of rotatable bonds is 3. The second-order valence-corrected chi connectivity index (χ2v) is 4.60. The van der Waals surface area contributed by atoms with E-state index in [0.29, 0.717) is 6.61 Å². The van der Waals surface area contributed by atoms with Crippen LogP contribution in [0.4, 0.5) is 0 Å². The lowest BCUT2D eigenvalue weighted by Gasteiger charge is -2.22.